The zero-order chi connectivity index (χ0) is 19.1. The fourth-order valence-electron chi connectivity index (χ4n) is 2.28. The molecule has 0 atom stereocenters. The minimum Gasteiger partial charge on any atom is -0.452 e. The predicted molar refractivity (Wildman–Crippen MR) is 109 cm³/mol. The molecule has 5 nitrogen and oxygen atoms in total. The maximum Gasteiger partial charge on any atom is 0.339 e. The minimum absolute atomic E-state index is 0.234. The fraction of sp³-hybridized carbons (Fsp3) is 0.211. The first-order valence-corrected chi connectivity index (χ1v) is 11.0. The third-order valence-corrected chi connectivity index (χ3v) is 6.19. The Morgan fingerprint density at radius 3 is 2.78 bits per heavy atom. The SMILES string of the molecule is CN(Cc1ccsc1)C(=O)COC(=O)c1ccccc1SCc1cscn1. The predicted octanol–water partition coefficient (Wildman–Crippen LogP) is 4.31. The summed E-state index contributed by atoms with van der Waals surface area (Å²) < 4.78 is 5.25. The van der Waals surface area contributed by atoms with Crippen LogP contribution in [0.25, 0.3) is 0 Å². The molecule has 140 valence electrons. The van der Waals surface area contributed by atoms with Gasteiger partial charge in [0.15, 0.2) is 6.61 Å². The molecule has 0 aliphatic heterocycles. The van der Waals surface area contributed by atoms with Crippen molar-refractivity contribution < 1.29 is 14.3 Å². The van der Waals surface area contributed by atoms with Crippen LogP contribution in [-0.2, 0) is 21.8 Å². The van der Waals surface area contributed by atoms with E-state index >= 15 is 0 Å². The third kappa shape index (κ3) is 5.66. The van der Waals surface area contributed by atoms with Crippen LogP contribution in [0.4, 0.5) is 0 Å². The number of hydrogen-bond acceptors (Lipinski definition) is 7. The molecule has 1 aromatic carbocycles. The van der Waals surface area contributed by atoms with Crippen molar-refractivity contribution >= 4 is 46.3 Å². The number of thiophene rings is 1. The van der Waals surface area contributed by atoms with E-state index in [1.807, 2.05) is 34.3 Å². The number of ether oxygens (including phenoxy) is 1. The number of carbonyl (C=O) groups is 2. The zero-order valence-corrected chi connectivity index (χ0v) is 17.1. The van der Waals surface area contributed by atoms with Crippen LogP contribution in [0, 0.1) is 0 Å². The molecule has 0 radical (unpaired) electrons. The van der Waals surface area contributed by atoms with Gasteiger partial charge < -0.3 is 9.64 Å². The Morgan fingerprint density at radius 1 is 1.19 bits per heavy atom. The molecule has 2 heterocycles. The van der Waals surface area contributed by atoms with Crippen LogP contribution in [0.5, 0.6) is 0 Å². The monoisotopic (exact) mass is 418 g/mol. The van der Waals surface area contributed by atoms with E-state index in [1.165, 1.54) is 11.8 Å². The lowest BCUT2D eigenvalue weighted by atomic mass is 10.2. The highest BCUT2D eigenvalue weighted by atomic mass is 32.2. The van der Waals surface area contributed by atoms with E-state index in [0.717, 1.165) is 16.2 Å². The average molecular weight is 419 g/mol. The van der Waals surface area contributed by atoms with E-state index in [4.69, 9.17) is 4.74 Å². The molecular weight excluding hydrogens is 400 g/mol. The summed E-state index contributed by atoms with van der Waals surface area (Å²) in [6.07, 6.45) is 0. The topological polar surface area (TPSA) is 59.5 Å². The van der Waals surface area contributed by atoms with Gasteiger partial charge in [0.2, 0.25) is 0 Å². The highest BCUT2D eigenvalue weighted by Crippen LogP contribution is 2.26. The number of aromatic nitrogens is 1. The molecule has 27 heavy (non-hydrogen) atoms. The van der Waals surface area contributed by atoms with Gasteiger partial charge in [-0.1, -0.05) is 12.1 Å². The lowest BCUT2D eigenvalue weighted by Crippen LogP contribution is -2.30. The summed E-state index contributed by atoms with van der Waals surface area (Å²) in [5.74, 6) is -0.0494. The molecule has 0 N–H and O–H groups in total. The molecule has 0 saturated carbocycles. The number of hydrogen-bond donors (Lipinski definition) is 0. The van der Waals surface area contributed by atoms with Gasteiger partial charge in [-0.3, -0.25) is 4.79 Å². The van der Waals surface area contributed by atoms with Crippen LogP contribution in [0.3, 0.4) is 0 Å². The number of benzene rings is 1. The fourth-order valence-corrected chi connectivity index (χ4v) is 4.55. The number of thiazole rings is 1. The summed E-state index contributed by atoms with van der Waals surface area (Å²) in [5, 5.41) is 5.94. The minimum atomic E-state index is -0.492. The van der Waals surface area contributed by atoms with Gasteiger partial charge in [-0.05, 0) is 34.5 Å². The zero-order valence-electron chi connectivity index (χ0n) is 14.7. The molecule has 8 heteroatoms. The average Bonchev–Trinajstić information content (AvgIpc) is 3.38. The van der Waals surface area contributed by atoms with Crippen LogP contribution in [-0.4, -0.2) is 35.4 Å². The van der Waals surface area contributed by atoms with Gasteiger partial charge >= 0.3 is 5.97 Å². The van der Waals surface area contributed by atoms with Gasteiger partial charge in [0, 0.05) is 29.6 Å². The second kappa shape index (κ2) is 9.68. The molecule has 0 aliphatic carbocycles. The number of amides is 1. The van der Waals surface area contributed by atoms with Gasteiger partial charge in [-0.15, -0.1) is 23.1 Å². The van der Waals surface area contributed by atoms with Crippen molar-refractivity contribution in [1.29, 1.82) is 0 Å². The van der Waals surface area contributed by atoms with Crippen LogP contribution >= 0.6 is 34.4 Å². The Balaban J connectivity index is 1.55. The van der Waals surface area contributed by atoms with Crippen molar-refractivity contribution in [3.8, 4) is 0 Å². The van der Waals surface area contributed by atoms with E-state index in [2.05, 4.69) is 4.98 Å². The number of rotatable bonds is 8. The first kappa shape index (κ1) is 19.6. The van der Waals surface area contributed by atoms with Gasteiger partial charge in [0.25, 0.3) is 5.91 Å². The van der Waals surface area contributed by atoms with Crippen molar-refractivity contribution in [1.82, 2.24) is 9.88 Å². The smallest absolute Gasteiger partial charge is 0.339 e. The molecule has 0 saturated heterocycles. The van der Waals surface area contributed by atoms with Crippen molar-refractivity contribution in [3.05, 3.63) is 68.8 Å². The molecule has 0 bridgehead atoms. The van der Waals surface area contributed by atoms with E-state index < -0.39 is 5.97 Å². The summed E-state index contributed by atoms with van der Waals surface area (Å²) in [6, 6.07) is 9.22. The number of likely N-dealkylation sites (N-methyl/N-ethyl adjacent to an activating group) is 1. The number of thioether (sulfide) groups is 1. The van der Waals surface area contributed by atoms with Crippen LogP contribution in [0.15, 0.2) is 56.9 Å². The first-order chi connectivity index (χ1) is 13.1. The Bertz CT molecular complexity index is 880. The number of carbonyl (C=O) groups excluding carboxylic acids is 2. The van der Waals surface area contributed by atoms with E-state index in [0.29, 0.717) is 17.9 Å². The summed E-state index contributed by atoms with van der Waals surface area (Å²) >= 11 is 4.65. The van der Waals surface area contributed by atoms with Gasteiger partial charge in [0.05, 0.1) is 16.8 Å². The largest absolute Gasteiger partial charge is 0.452 e. The second-order valence-corrected chi connectivity index (χ2v) is 8.24. The maximum absolute atomic E-state index is 12.5. The van der Waals surface area contributed by atoms with Crippen LogP contribution in [0.2, 0.25) is 0 Å². The van der Waals surface area contributed by atoms with Gasteiger partial charge in [-0.25, -0.2) is 9.78 Å². The number of esters is 1. The summed E-state index contributed by atoms with van der Waals surface area (Å²) in [6.45, 7) is 0.227. The van der Waals surface area contributed by atoms with Crippen molar-refractivity contribution in [2.45, 2.75) is 17.2 Å². The Labute approximate surface area is 170 Å². The summed E-state index contributed by atoms with van der Waals surface area (Å²) in [5.41, 5.74) is 4.28. The summed E-state index contributed by atoms with van der Waals surface area (Å²) in [4.78, 5) is 31.3. The Morgan fingerprint density at radius 2 is 2.04 bits per heavy atom. The normalized spacial score (nSPS) is 10.6. The molecule has 0 fully saturated rings. The maximum atomic E-state index is 12.5. The molecule has 2 aromatic heterocycles. The van der Waals surface area contributed by atoms with Crippen molar-refractivity contribution in [2.24, 2.45) is 0 Å². The van der Waals surface area contributed by atoms with Crippen molar-refractivity contribution in [3.63, 3.8) is 0 Å². The van der Waals surface area contributed by atoms with Crippen LogP contribution < -0.4 is 0 Å². The lowest BCUT2D eigenvalue weighted by Gasteiger charge is -2.16. The molecular formula is C19H18N2O3S3. The Kier molecular flexibility index (Phi) is 7.03. The third-order valence-electron chi connectivity index (χ3n) is 3.72. The lowest BCUT2D eigenvalue weighted by molar-refractivity contribution is -0.133. The van der Waals surface area contributed by atoms with Crippen molar-refractivity contribution in [2.75, 3.05) is 13.7 Å². The highest BCUT2D eigenvalue weighted by molar-refractivity contribution is 7.98. The molecule has 0 aliphatic rings. The highest BCUT2D eigenvalue weighted by Gasteiger charge is 2.17. The molecule has 0 unspecified atom stereocenters. The van der Waals surface area contributed by atoms with E-state index in [9.17, 15) is 9.59 Å². The molecule has 3 rings (SSSR count). The molecule has 3 aromatic rings. The summed E-state index contributed by atoms with van der Waals surface area (Å²) in [7, 11) is 1.70. The second-order valence-electron chi connectivity index (χ2n) is 5.72. The van der Waals surface area contributed by atoms with E-state index in [-0.39, 0.29) is 12.5 Å². The molecule has 1 amide bonds. The van der Waals surface area contributed by atoms with Gasteiger partial charge in [-0.2, -0.15) is 11.3 Å². The number of nitrogens with zero attached hydrogens (tertiary/aromatic N) is 2. The van der Waals surface area contributed by atoms with E-state index in [1.54, 1.807) is 52.3 Å². The standard InChI is InChI=1S/C19H18N2O3S3/c1-21(8-14-6-7-25-10-14)18(22)9-24-19(23)16-4-2-3-5-17(16)27-12-15-11-26-13-20-15/h2-7,10-11,13H,8-9,12H2,1H3. The van der Waals surface area contributed by atoms with Crippen LogP contribution in [0.1, 0.15) is 21.6 Å². The van der Waals surface area contributed by atoms with Gasteiger partial charge in [0.1, 0.15) is 0 Å². The quantitative estimate of drug-likeness (QED) is 0.403. The molecule has 0 spiro atoms. The first-order valence-electron chi connectivity index (χ1n) is 8.14. The Hall–Kier alpha value is -2.16.